The standard InChI is InChI=1S/C12H10Cl2N2S/c13-8-3-4-11(9(14)5-8)16-12(17)6-10(15-16)7-1-2-7/h3-7,15H,1-2H2. The maximum absolute atomic E-state index is 6.17. The third-order valence-corrected chi connectivity index (χ3v) is 3.75. The topological polar surface area (TPSA) is 20.7 Å². The number of rotatable bonds is 2. The predicted octanol–water partition coefficient (Wildman–Crippen LogP) is 4.72. The van der Waals surface area contributed by atoms with Crippen molar-refractivity contribution in [3.05, 3.63) is 44.6 Å². The highest BCUT2D eigenvalue weighted by molar-refractivity contribution is 7.71. The first-order valence-corrected chi connectivity index (χ1v) is 6.59. The minimum Gasteiger partial charge on any atom is -0.297 e. The van der Waals surface area contributed by atoms with Crippen LogP contribution in [0.4, 0.5) is 0 Å². The first-order valence-electron chi connectivity index (χ1n) is 5.42. The number of H-pyrrole nitrogens is 1. The van der Waals surface area contributed by atoms with Crippen LogP contribution in [0, 0.1) is 4.64 Å². The van der Waals surface area contributed by atoms with Gasteiger partial charge in [0.25, 0.3) is 0 Å². The van der Waals surface area contributed by atoms with Crippen LogP contribution in [0.25, 0.3) is 5.69 Å². The van der Waals surface area contributed by atoms with E-state index in [1.165, 1.54) is 18.5 Å². The lowest BCUT2D eigenvalue weighted by molar-refractivity contribution is 0.830. The van der Waals surface area contributed by atoms with E-state index in [4.69, 9.17) is 35.4 Å². The van der Waals surface area contributed by atoms with Crippen LogP contribution in [0.1, 0.15) is 24.5 Å². The molecule has 2 aromatic rings. The van der Waals surface area contributed by atoms with Crippen LogP contribution < -0.4 is 0 Å². The summed E-state index contributed by atoms with van der Waals surface area (Å²) in [6.07, 6.45) is 2.48. The summed E-state index contributed by atoms with van der Waals surface area (Å²) < 4.78 is 2.58. The lowest BCUT2D eigenvalue weighted by atomic mass is 10.3. The molecular weight excluding hydrogens is 275 g/mol. The molecule has 17 heavy (non-hydrogen) atoms. The summed E-state index contributed by atoms with van der Waals surface area (Å²) in [5.41, 5.74) is 2.04. The molecule has 1 aromatic heterocycles. The summed E-state index contributed by atoms with van der Waals surface area (Å²) in [6.45, 7) is 0. The van der Waals surface area contributed by atoms with Crippen LogP contribution in [0.3, 0.4) is 0 Å². The van der Waals surface area contributed by atoms with Gasteiger partial charge in [-0.05, 0) is 37.1 Å². The quantitative estimate of drug-likeness (QED) is 0.792. The zero-order valence-electron chi connectivity index (χ0n) is 8.91. The highest BCUT2D eigenvalue weighted by Gasteiger charge is 2.25. The summed E-state index contributed by atoms with van der Waals surface area (Å²) in [6, 6.07) is 7.41. The van der Waals surface area contributed by atoms with Crippen molar-refractivity contribution < 1.29 is 0 Å². The average molecular weight is 285 g/mol. The molecule has 1 aliphatic carbocycles. The molecule has 88 valence electrons. The molecule has 1 aliphatic rings. The molecular formula is C12H10Cl2N2S. The minimum absolute atomic E-state index is 0.595. The monoisotopic (exact) mass is 284 g/mol. The number of hydrogen-bond donors (Lipinski definition) is 1. The maximum atomic E-state index is 6.17. The normalized spacial score (nSPS) is 15.2. The van der Waals surface area contributed by atoms with Crippen molar-refractivity contribution >= 4 is 35.4 Å². The highest BCUT2D eigenvalue weighted by atomic mass is 35.5. The average Bonchev–Trinajstić information content (AvgIpc) is 3.04. The Balaban J connectivity index is 2.11. The van der Waals surface area contributed by atoms with Crippen LogP contribution in [0.5, 0.6) is 0 Å². The molecule has 0 radical (unpaired) electrons. The third kappa shape index (κ3) is 2.15. The maximum Gasteiger partial charge on any atom is 0.128 e. The van der Waals surface area contributed by atoms with Gasteiger partial charge in [0, 0.05) is 16.6 Å². The van der Waals surface area contributed by atoms with Gasteiger partial charge < -0.3 is 0 Å². The van der Waals surface area contributed by atoms with Crippen molar-refractivity contribution in [1.82, 2.24) is 9.78 Å². The van der Waals surface area contributed by atoms with Gasteiger partial charge in [0.2, 0.25) is 0 Å². The summed E-state index contributed by atoms with van der Waals surface area (Å²) >= 11 is 17.4. The van der Waals surface area contributed by atoms with Gasteiger partial charge in [-0.15, -0.1) is 0 Å². The van der Waals surface area contributed by atoms with Gasteiger partial charge in [-0.2, -0.15) is 0 Å². The summed E-state index contributed by atoms with van der Waals surface area (Å²) in [5.74, 6) is 0.643. The fourth-order valence-corrected chi connectivity index (χ4v) is 2.62. The van der Waals surface area contributed by atoms with Crippen molar-refractivity contribution in [2.45, 2.75) is 18.8 Å². The fourth-order valence-electron chi connectivity index (χ4n) is 1.86. The molecule has 0 aliphatic heterocycles. The van der Waals surface area contributed by atoms with Gasteiger partial charge in [0.05, 0.1) is 10.7 Å². The highest BCUT2D eigenvalue weighted by Crippen LogP contribution is 2.39. The number of aromatic amines is 1. The van der Waals surface area contributed by atoms with E-state index in [0.29, 0.717) is 16.0 Å². The van der Waals surface area contributed by atoms with Crippen molar-refractivity contribution in [2.24, 2.45) is 0 Å². The lowest BCUT2D eigenvalue weighted by Gasteiger charge is -2.06. The lowest BCUT2D eigenvalue weighted by Crippen LogP contribution is -1.98. The number of nitrogens with zero attached hydrogens (tertiary/aromatic N) is 1. The number of nitrogens with one attached hydrogen (secondary N) is 1. The van der Waals surface area contributed by atoms with Crippen LogP contribution >= 0.6 is 35.4 Å². The molecule has 3 rings (SSSR count). The Morgan fingerprint density at radius 1 is 1.24 bits per heavy atom. The Morgan fingerprint density at radius 3 is 2.65 bits per heavy atom. The van der Waals surface area contributed by atoms with Crippen LogP contribution in [-0.4, -0.2) is 9.78 Å². The van der Waals surface area contributed by atoms with E-state index in [2.05, 4.69) is 5.10 Å². The summed E-state index contributed by atoms with van der Waals surface area (Å²) in [7, 11) is 0. The number of benzene rings is 1. The molecule has 2 nitrogen and oxygen atoms in total. The second-order valence-electron chi connectivity index (χ2n) is 4.26. The van der Waals surface area contributed by atoms with E-state index in [0.717, 1.165) is 10.3 Å². The van der Waals surface area contributed by atoms with Crippen LogP contribution in [-0.2, 0) is 0 Å². The van der Waals surface area contributed by atoms with Crippen molar-refractivity contribution in [1.29, 1.82) is 0 Å². The molecule has 0 atom stereocenters. The van der Waals surface area contributed by atoms with Gasteiger partial charge in [-0.1, -0.05) is 35.4 Å². The van der Waals surface area contributed by atoms with Gasteiger partial charge in [0.15, 0.2) is 0 Å². The van der Waals surface area contributed by atoms with Gasteiger partial charge >= 0.3 is 0 Å². The Morgan fingerprint density at radius 2 is 2.00 bits per heavy atom. The number of halogens is 2. The molecule has 0 spiro atoms. The molecule has 1 aromatic carbocycles. The Bertz CT molecular complexity index is 626. The van der Waals surface area contributed by atoms with Crippen LogP contribution in [0.2, 0.25) is 10.0 Å². The molecule has 0 amide bonds. The fraction of sp³-hybridized carbons (Fsp3) is 0.250. The van der Waals surface area contributed by atoms with Crippen molar-refractivity contribution in [3.63, 3.8) is 0 Å². The number of hydrogen-bond acceptors (Lipinski definition) is 1. The molecule has 1 fully saturated rings. The molecule has 0 bridgehead atoms. The molecule has 5 heteroatoms. The van der Waals surface area contributed by atoms with E-state index in [1.54, 1.807) is 6.07 Å². The summed E-state index contributed by atoms with van der Waals surface area (Å²) in [4.78, 5) is 0. The smallest absolute Gasteiger partial charge is 0.128 e. The van der Waals surface area contributed by atoms with Gasteiger partial charge in [-0.25, -0.2) is 4.68 Å². The second-order valence-corrected chi connectivity index (χ2v) is 5.52. The van der Waals surface area contributed by atoms with E-state index in [-0.39, 0.29) is 0 Å². The molecule has 1 N–H and O–H groups in total. The van der Waals surface area contributed by atoms with E-state index in [1.807, 2.05) is 22.9 Å². The third-order valence-electron chi connectivity index (χ3n) is 2.91. The van der Waals surface area contributed by atoms with Crippen molar-refractivity contribution in [3.8, 4) is 5.69 Å². The van der Waals surface area contributed by atoms with Gasteiger partial charge in [-0.3, -0.25) is 5.10 Å². The number of aromatic nitrogens is 2. The Labute approximate surface area is 114 Å². The van der Waals surface area contributed by atoms with Gasteiger partial charge in [0.1, 0.15) is 4.64 Å². The first-order chi connectivity index (χ1) is 8.15. The van der Waals surface area contributed by atoms with E-state index < -0.39 is 0 Å². The molecule has 0 saturated heterocycles. The summed E-state index contributed by atoms with van der Waals surface area (Å²) in [5, 5.41) is 4.52. The second kappa shape index (κ2) is 4.16. The predicted molar refractivity (Wildman–Crippen MR) is 72.9 cm³/mol. The van der Waals surface area contributed by atoms with Crippen LogP contribution in [0.15, 0.2) is 24.3 Å². The Hall–Kier alpha value is -0.770. The molecule has 0 unspecified atom stereocenters. The van der Waals surface area contributed by atoms with Crippen molar-refractivity contribution in [2.75, 3.05) is 0 Å². The largest absolute Gasteiger partial charge is 0.297 e. The molecule has 1 saturated carbocycles. The van der Waals surface area contributed by atoms with E-state index in [9.17, 15) is 0 Å². The molecule has 1 heterocycles. The first kappa shape index (κ1) is 11.3. The Kier molecular flexibility index (Phi) is 2.77. The zero-order chi connectivity index (χ0) is 12.0. The SMILES string of the molecule is S=c1cc(C2CC2)[nH]n1-c1ccc(Cl)cc1Cl. The van der Waals surface area contributed by atoms with E-state index >= 15 is 0 Å². The minimum atomic E-state index is 0.595. The zero-order valence-corrected chi connectivity index (χ0v) is 11.2.